The molecule has 1 N–H and O–H groups in total. The van der Waals surface area contributed by atoms with Crippen LogP contribution >= 0.6 is 23.1 Å². The summed E-state index contributed by atoms with van der Waals surface area (Å²) in [5.74, 6) is 1.34. The number of thioether (sulfide) groups is 1. The molecule has 1 aromatic carbocycles. The van der Waals surface area contributed by atoms with Crippen LogP contribution in [0.1, 0.15) is 37.7 Å². The first-order chi connectivity index (χ1) is 10.8. The number of hydrogen-bond acceptors (Lipinski definition) is 3. The summed E-state index contributed by atoms with van der Waals surface area (Å²) in [4.78, 5) is 13.6. The van der Waals surface area contributed by atoms with Gasteiger partial charge in [0.15, 0.2) is 0 Å². The fourth-order valence-electron chi connectivity index (χ4n) is 2.83. The van der Waals surface area contributed by atoms with E-state index < -0.39 is 0 Å². The number of para-hydroxylation sites is 1. The predicted molar refractivity (Wildman–Crippen MR) is 95.5 cm³/mol. The average molecular weight is 332 g/mol. The van der Waals surface area contributed by atoms with E-state index in [9.17, 15) is 4.79 Å². The lowest BCUT2D eigenvalue weighted by molar-refractivity contribution is -0.120. The quantitative estimate of drug-likeness (QED) is 0.727. The van der Waals surface area contributed by atoms with E-state index in [0.717, 1.165) is 29.2 Å². The molecular formula is C18H21NOS2. The van der Waals surface area contributed by atoms with Crippen molar-refractivity contribution < 1.29 is 4.79 Å². The van der Waals surface area contributed by atoms with Crippen LogP contribution in [0.25, 0.3) is 0 Å². The molecule has 0 radical (unpaired) electrons. The molecule has 1 heterocycles. The van der Waals surface area contributed by atoms with E-state index in [-0.39, 0.29) is 11.8 Å². The van der Waals surface area contributed by atoms with Crippen molar-refractivity contribution in [1.29, 1.82) is 0 Å². The molecule has 1 amide bonds. The Morgan fingerprint density at radius 3 is 2.77 bits per heavy atom. The van der Waals surface area contributed by atoms with Gasteiger partial charge in [0.05, 0.1) is 5.69 Å². The van der Waals surface area contributed by atoms with Crippen LogP contribution in [0.15, 0.2) is 46.0 Å². The second kappa shape index (κ2) is 7.84. The maximum Gasteiger partial charge on any atom is 0.227 e. The third-order valence-electron chi connectivity index (χ3n) is 4.10. The minimum atomic E-state index is 0.197. The SMILES string of the molecule is O=C(Nc1ccccc1SCc1ccsc1)C1CCCCC1. The highest BCUT2D eigenvalue weighted by Gasteiger charge is 2.21. The lowest BCUT2D eigenvalue weighted by Crippen LogP contribution is -2.24. The molecule has 3 rings (SSSR count). The highest BCUT2D eigenvalue weighted by Crippen LogP contribution is 2.32. The van der Waals surface area contributed by atoms with E-state index in [1.165, 1.54) is 24.8 Å². The molecule has 2 aromatic rings. The Labute approximate surface area is 140 Å². The molecule has 0 spiro atoms. The molecule has 2 nitrogen and oxygen atoms in total. The lowest BCUT2D eigenvalue weighted by Gasteiger charge is -2.21. The van der Waals surface area contributed by atoms with Crippen molar-refractivity contribution in [2.45, 2.75) is 42.8 Å². The maximum absolute atomic E-state index is 12.4. The lowest BCUT2D eigenvalue weighted by atomic mass is 9.88. The summed E-state index contributed by atoms with van der Waals surface area (Å²) in [5, 5.41) is 7.43. The third kappa shape index (κ3) is 4.14. The summed E-state index contributed by atoms with van der Waals surface area (Å²) in [6.07, 6.45) is 5.72. The van der Waals surface area contributed by atoms with Gasteiger partial charge in [0.1, 0.15) is 0 Å². The monoisotopic (exact) mass is 331 g/mol. The first-order valence-electron chi connectivity index (χ1n) is 7.87. The molecule has 1 aromatic heterocycles. The van der Waals surface area contributed by atoms with Crippen molar-refractivity contribution in [2.24, 2.45) is 5.92 Å². The number of thiophene rings is 1. The molecule has 0 atom stereocenters. The van der Waals surface area contributed by atoms with E-state index in [4.69, 9.17) is 0 Å². The van der Waals surface area contributed by atoms with Gasteiger partial charge in [-0.25, -0.2) is 0 Å². The molecule has 22 heavy (non-hydrogen) atoms. The highest BCUT2D eigenvalue weighted by atomic mass is 32.2. The largest absolute Gasteiger partial charge is 0.325 e. The number of carbonyl (C=O) groups is 1. The Hall–Kier alpha value is -1.26. The van der Waals surface area contributed by atoms with Gasteiger partial charge >= 0.3 is 0 Å². The van der Waals surface area contributed by atoms with E-state index in [1.54, 1.807) is 23.1 Å². The van der Waals surface area contributed by atoms with Gasteiger partial charge < -0.3 is 5.32 Å². The van der Waals surface area contributed by atoms with Crippen LogP contribution in [-0.2, 0) is 10.5 Å². The van der Waals surface area contributed by atoms with E-state index in [1.807, 2.05) is 18.2 Å². The van der Waals surface area contributed by atoms with Gasteiger partial charge in [-0.1, -0.05) is 31.4 Å². The van der Waals surface area contributed by atoms with Crippen molar-refractivity contribution in [1.82, 2.24) is 0 Å². The molecule has 0 bridgehead atoms. The number of rotatable bonds is 5. The maximum atomic E-state index is 12.4. The van der Waals surface area contributed by atoms with Gasteiger partial charge in [0, 0.05) is 16.6 Å². The summed E-state index contributed by atoms with van der Waals surface area (Å²) >= 11 is 3.51. The first kappa shape index (κ1) is 15.6. The Morgan fingerprint density at radius 2 is 2.00 bits per heavy atom. The smallest absolute Gasteiger partial charge is 0.227 e. The second-order valence-corrected chi connectivity index (χ2v) is 7.54. The minimum Gasteiger partial charge on any atom is -0.325 e. The van der Waals surface area contributed by atoms with Gasteiger partial charge in [-0.2, -0.15) is 11.3 Å². The van der Waals surface area contributed by atoms with Gasteiger partial charge in [-0.15, -0.1) is 11.8 Å². The van der Waals surface area contributed by atoms with E-state index in [2.05, 4.69) is 28.2 Å². The Bertz CT molecular complexity index is 603. The van der Waals surface area contributed by atoms with Crippen molar-refractivity contribution in [3.05, 3.63) is 46.7 Å². The van der Waals surface area contributed by atoms with Crippen LogP contribution < -0.4 is 5.32 Å². The van der Waals surface area contributed by atoms with Crippen LogP contribution in [0.4, 0.5) is 5.69 Å². The second-order valence-electron chi connectivity index (χ2n) is 5.74. The molecule has 0 aliphatic heterocycles. The van der Waals surface area contributed by atoms with Crippen molar-refractivity contribution in [3.8, 4) is 0 Å². The van der Waals surface area contributed by atoms with Crippen molar-refractivity contribution in [2.75, 3.05) is 5.32 Å². The number of hydrogen-bond donors (Lipinski definition) is 1. The standard InChI is InChI=1S/C18H21NOS2/c20-18(15-6-2-1-3-7-15)19-16-8-4-5-9-17(16)22-13-14-10-11-21-12-14/h4-5,8-12,15H,1-3,6-7,13H2,(H,19,20). The first-order valence-corrected chi connectivity index (χ1v) is 9.79. The fraction of sp³-hybridized carbons (Fsp3) is 0.389. The van der Waals surface area contributed by atoms with Gasteiger partial charge in [-0.05, 0) is 47.4 Å². The topological polar surface area (TPSA) is 29.1 Å². The third-order valence-corrected chi connectivity index (χ3v) is 5.97. The number of benzene rings is 1. The number of anilines is 1. The Kier molecular flexibility index (Phi) is 5.57. The zero-order chi connectivity index (χ0) is 15.2. The Balaban J connectivity index is 1.64. The van der Waals surface area contributed by atoms with Gasteiger partial charge in [0.2, 0.25) is 5.91 Å². The van der Waals surface area contributed by atoms with Crippen LogP contribution in [0.2, 0.25) is 0 Å². The molecule has 1 saturated carbocycles. The minimum absolute atomic E-state index is 0.197. The molecular weight excluding hydrogens is 310 g/mol. The molecule has 4 heteroatoms. The zero-order valence-corrected chi connectivity index (χ0v) is 14.2. The van der Waals surface area contributed by atoms with Crippen molar-refractivity contribution >= 4 is 34.7 Å². The number of carbonyl (C=O) groups excluding carboxylic acids is 1. The van der Waals surface area contributed by atoms with Gasteiger partial charge in [-0.3, -0.25) is 4.79 Å². The molecule has 0 unspecified atom stereocenters. The predicted octanol–water partition coefficient (Wildman–Crippen LogP) is 5.56. The molecule has 1 fully saturated rings. The van der Waals surface area contributed by atoms with Crippen LogP contribution in [0, 0.1) is 5.92 Å². The normalized spacial score (nSPS) is 15.6. The summed E-state index contributed by atoms with van der Waals surface area (Å²) in [5.41, 5.74) is 2.29. The Morgan fingerprint density at radius 1 is 1.18 bits per heavy atom. The summed E-state index contributed by atoms with van der Waals surface area (Å²) in [6, 6.07) is 10.3. The van der Waals surface area contributed by atoms with Gasteiger partial charge in [0.25, 0.3) is 0 Å². The van der Waals surface area contributed by atoms with Crippen LogP contribution in [0.5, 0.6) is 0 Å². The fourth-order valence-corrected chi connectivity index (χ4v) is 4.56. The van der Waals surface area contributed by atoms with E-state index >= 15 is 0 Å². The molecule has 1 aliphatic carbocycles. The summed E-state index contributed by atoms with van der Waals surface area (Å²) in [7, 11) is 0. The van der Waals surface area contributed by atoms with Crippen molar-refractivity contribution in [3.63, 3.8) is 0 Å². The molecule has 1 aliphatic rings. The van der Waals surface area contributed by atoms with Crippen LogP contribution in [0.3, 0.4) is 0 Å². The summed E-state index contributed by atoms with van der Waals surface area (Å²) in [6.45, 7) is 0. The summed E-state index contributed by atoms with van der Waals surface area (Å²) < 4.78 is 0. The molecule has 116 valence electrons. The van der Waals surface area contributed by atoms with E-state index in [0.29, 0.717) is 0 Å². The molecule has 0 saturated heterocycles. The number of nitrogens with one attached hydrogen (secondary N) is 1. The highest BCUT2D eigenvalue weighted by molar-refractivity contribution is 7.98. The number of amides is 1. The average Bonchev–Trinajstić information content (AvgIpc) is 3.08. The zero-order valence-electron chi connectivity index (χ0n) is 12.6. The van der Waals surface area contributed by atoms with Crippen LogP contribution in [-0.4, -0.2) is 5.91 Å².